The number of hydrogen-bond acceptors (Lipinski definition) is 2. The number of nitrogens with zero attached hydrogens (tertiary/aromatic N) is 2. The number of benzene rings is 8. The molecule has 59 heavy (non-hydrogen) atoms. The van der Waals surface area contributed by atoms with Crippen molar-refractivity contribution in [2.75, 3.05) is 9.80 Å². The minimum Gasteiger partial charge on any atom is -0.310 e. The zero-order chi connectivity index (χ0) is 39.8. The van der Waals surface area contributed by atoms with Gasteiger partial charge in [0.05, 0.1) is 5.41 Å². The molecule has 2 nitrogen and oxygen atoms in total. The van der Waals surface area contributed by atoms with Crippen molar-refractivity contribution in [3.8, 4) is 11.1 Å². The average molecular weight is 985 g/mol. The van der Waals surface area contributed by atoms with E-state index in [1.54, 1.807) is 0 Å². The number of aryl methyl sites for hydroxylation is 6. The molecule has 0 unspecified atom stereocenters. The Hall–Kier alpha value is -5.18. The molecular formula is C55H42I2N2. The van der Waals surface area contributed by atoms with Gasteiger partial charge in [0, 0.05) is 41.3 Å². The summed E-state index contributed by atoms with van der Waals surface area (Å²) in [5.74, 6) is 0. The fourth-order valence-corrected chi connectivity index (χ4v) is 10.4. The summed E-state index contributed by atoms with van der Waals surface area (Å²) >= 11 is 4.82. The maximum Gasteiger partial charge on any atom is 0.0715 e. The van der Waals surface area contributed by atoms with Gasteiger partial charge in [-0.05, 0) is 237 Å². The first-order chi connectivity index (χ1) is 28.8. The number of fused-ring (bicyclic) bond motifs is 5. The molecule has 0 atom stereocenters. The largest absolute Gasteiger partial charge is 0.310 e. The smallest absolute Gasteiger partial charge is 0.0715 e. The molecule has 8 aromatic carbocycles. The van der Waals surface area contributed by atoms with Crippen LogP contribution >= 0.6 is 45.2 Å². The van der Waals surface area contributed by atoms with Crippen LogP contribution in [0.4, 0.5) is 34.1 Å². The average Bonchev–Trinajstić information content (AvgIpc) is 3.51. The number of halogens is 2. The third-order valence-corrected chi connectivity index (χ3v) is 14.4. The van der Waals surface area contributed by atoms with Gasteiger partial charge in [0.1, 0.15) is 0 Å². The fourth-order valence-electron chi connectivity index (χ4n) is 9.69. The Morgan fingerprint density at radius 3 is 1.03 bits per heavy atom. The number of anilines is 6. The van der Waals surface area contributed by atoms with E-state index < -0.39 is 5.41 Å². The van der Waals surface area contributed by atoms with Gasteiger partial charge >= 0.3 is 0 Å². The quantitative estimate of drug-likeness (QED) is 0.140. The molecule has 4 heteroatoms. The first kappa shape index (κ1) is 36.9. The second-order valence-corrected chi connectivity index (χ2v) is 19.0. The summed E-state index contributed by atoms with van der Waals surface area (Å²) in [5.41, 5.74) is 22.7. The Morgan fingerprint density at radius 2 is 0.695 bits per heavy atom. The van der Waals surface area contributed by atoms with Gasteiger partial charge in [-0.3, -0.25) is 0 Å². The number of hydrogen-bond donors (Lipinski definition) is 0. The molecule has 0 aromatic heterocycles. The third kappa shape index (κ3) is 6.16. The Morgan fingerprint density at radius 1 is 0.356 bits per heavy atom. The summed E-state index contributed by atoms with van der Waals surface area (Å²) in [5, 5.41) is 0. The molecule has 0 N–H and O–H groups in total. The maximum atomic E-state index is 2.55. The Bertz CT molecular complexity index is 2620. The molecule has 3 aliphatic rings. The van der Waals surface area contributed by atoms with Crippen molar-refractivity contribution >= 4 is 79.3 Å². The summed E-state index contributed by atoms with van der Waals surface area (Å²) in [4.78, 5) is 4.86. The van der Waals surface area contributed by atoms with E-state index >= 15 is 0 Å². The highest BCUT2D eigenvalue weighted by molar-refractivity contribution is 14.1. The first-order valence-electron chi connectivity index (χ1n) is 20.6. The van der Waals surface area contributed by atoms with Gasteiger partial charge in [0.2, 0.25) is 0 Å². The second kappa shape index (κ2) is 14.5. The lowest BCUT2D eigenvalue weighted by atomic mass is 9.65. The van der Waals surface area contributed by atoms with Gasteiger partial charge in [0.15, 0.2) is 0 Å². The van der Waals surface area contributed by atoms with Gasteiger partial charge in [-0.2, -0.15) is 0 Å². The summed E-state index contributed by atoms with van der Waals surface area (Å²) in [7, 11) is 0. The van der Waals surface area contributed by atoms with E-state index in [4.69, 9.17) is 0 Å². The molecule has 3 aliphatic carbocycles. The highest BCUT2D eigenvalue weighted by Crippen LogP contribution is 2.59. The van der Waals surface area contributed by atoms with Crippen LogP contribution in [0.5, 0.6) is 0 Å². The molecule has 0 heterocycles. The van der Waals surface area contributed by atoms with Crippen molar-refractivity contribution in [3.63, 3.8) is 0 Å². The van der Waals surface area contributed by atoms with E-state index in [-0.39, 0.29) is 0 Å². The summed E-state index contributed by atoms with van der Waals surface area (Å²) < 4.78 is 2.45. The lowest BCUT2D eigenvalue weighted by Gasteiger charge is -2.38. The van der Waals surface area contributed by atoms with Crippen LogP contribution < -0.4 is 9.80 Å². The summed E-state index contributed by atoms with van der Waals surface area (Å²) in [6.45, 7) is 4.32. The van der Waals surface area contributed by atoms with Gasteiger partial charge < -0.3 is 9.80 Å². The van der Waals surface area contributed by atoms with Crippen molar-refractivity contribution in [2.45, 2.75) is 44.9 Å². The van der Waals surface area contributed by atoms with E-state index in [1.165, 1.54) is 73.9 Å². The Kier molecular flexibility index (Phi) is 9.08. The van der Waals surface area contributed by atoms with E-state index in [9.17, 15) is 0 Å². The summed E-state index contributed by atoms with van der Waals surface area (Å²) in [6, 6.07) is 65.1. The monoisotopic (exact) mass is 984 g/mol. The molecule has 11 rings (SSSR count). The highest BCUT2D eigenvalue weighted by Gasteiger charge is 2.48. The fraction of sp³-hybridized carbons (Fsp3) is 0.127. The summed E-state index contributed by atoms with van der Waals surface area (Å²) in [6.07, 6.45) is 4.58. The number of rotatable bonds is 8. The van der Waals surface area contributed by atoms with Gasteiger partial charge in [-0.1, -0.05) is 83.9 Å². The highest BCUT2D eigenvalue weighted by atomic mass is 127. The lowest BCUT2D eigenvalue weighted by Crippen LogP contribution is -2.31. The molecule has 0 fully saturated rings. The first-order valence-corrected chi connectivity index (χ1v) is 22.8. The standard InChI is InChI=1S/C55H42I2N2/c1-35-3-19-45(20-4-35)58(47-23-15-43(56)16-24-47)49-27-29-51-52-30-28-50(59(46-21-5-36(2)6-22-46)48-25-17-44(57)18-26-48)34-54(52)55(53(51)33-49,41-13-11-37-7-9-39(37)31-41)42-14-12-38-8-10-40(38)32-42/h3-6,11-34H,7-10H2,1-2H3. The molecule has 0 amide bonds. The molecule has 0 radical (unpaired) electrons. The molecular weight excluding hydrogens is 942 g/mol. The van der Waals surface area contributed by atoms with Crippen LogP contribution in [0.25, 0.3) is 11.1 Å². The van der Waals surface area contributed by atoms with Gasteiger partial charge in [0.25, 0.3) is 0 Å². The van der Waals surface area contributed by atoms with Gasteiger partial charge in [-0.15, -0.1) is 0 Å². The van der Waals surface area contributed by atoms with Crippen molar-refractivity contribution in [1.82, 2.24) is 0 Å². The Balaban J connectivity index is 1.20. The zero-order valence-corrected chi connectivity index (χ0v) is 37.5. The maximum absolute atomic E-state index is 2.55. The normalized spacial score (nSPS) is 14.0. The van der Waals surface area contributed by atoms with Crippen molar-refractivity contribution in [2.24, 2.45) is 0 Å². The van der Waals surface area contributed by atoms with E-state index in [0.29, 0.717) is 0 Å². The van der Waals surface area contributed by atoms with E-state index in [1.807, 2.05) is 0 Å². The molecule has 0 bridgehead atoms. The molecule has 0 saturated carbocycles. The third-order valence-electron chi connectivity index (χ3n) is 13.0. The minimum atomic E-state index is -0.554. The van der Waals surface area contributed by atoms with Gasteiger partial charge in [-0.25, -0.2) is 0 Å². The SMILES string of the molecule is Cc1ccc(N(c2ccc(I)cc2)c2ccc3c(c2)C(c2ccc4c(c2)CC4)(c2ccc4c(c2)CC4)c2cc(N(c4ccc(C)cc4)c4ccc(I)cc4)ccc2-3)cc1. The lowest BCUT2D eigenvalue weighted by molar-refractivity contribution is 0.740. The van der Waals surface area contributed by atoms with Crippen molar-refractivity contribution in [1.29, 1.82) is 0 Å². The van der Waals surface area contributed by atoms with Crippen LogP contribution in [0, 0.1) is 21.0 Å². The van der Waals surface area contributed by atoms with Crippen LogP contribution in [-0.4, -0.2) is 0 Å². The molecule has 286 valence electrons. The van der Waals surface area contributed by atoms with Crippen LogP contribution in [0.1, 0.15) is 55.6 Å². The minimum absolute atomic E-state index is 0.554. The van der Waals surface area contributed by atoms with Crippen molar-refractivity contribution < 1.29 is 0 Å². The van der Waals surface area contributed by atoms with E-state index in [2.05, 4.69) is 239 Å². The Labute approximate surface area is 374 Å². The molecule has 0 spiro atoms. The van der Waals surface area contributed by atoms with Crippen LogP contribution in [0.15, 0.2) is 170 Å². The molecule has 8 aromatic rings. The molecule has 0 aliphatic heterocycles. The second-order valence-electron chi connectivity index (χ2n) is 16.5. The van der Waals surface area contributed by atoms with E-state index in [0.717, 1.165) is 59.8 Å². The predicted molar refractivity (Wildman–Crippen MR) is 263 cm³/mol. The van der Waals surface area contributed by atoms with Crippen molar-refractivity contribution in [3.05, 3.63) is 233 Å². The zero-order valence-electron chi connectivity index (χ0n) is 33.1. The predicted octanol–water partition coefficient (Wildman–Crippen LogP) is 15.0. The van der Waals surface area contributed by atoms with Crippen LogP contribution in [0.2, 0.25) is 0 Å². The van der Waals surface area contributed by atoms with Crippen LogP contribution in [0.3, 0.4) is 0 Å². The van der Waals surface area contributed by atoms with Crippen LogP contribution in [-0.2, 0) is 31.1 Å². The topological polar surface area (TPSA) is 6.48 Å². The molecule has 0 saturated heterocycles.